The first-order valence-electron chi connectivity index (χ1n) is 6.97. The van der Waals surface area contributed by atoms with Crippen LogP contribution in [0.1, 0.15) is 57.7 Å². The van der Waals surface area contributed by atoms with Gasteiger partial charge in [0.1, 0.15) is 0 Å². The highest BCUT2D eigenvalue weighted by Gasteiger charge is 2.36. The van der Waals surface area contributed by atoms with Crippen molar-refractivity contribution in [2.24, 2.45) is 11.1 Å². The van der Waals surface area contributed by atoms with E-state index in [0.29, 0.717) is 11.5 Å². The maximum Gasteiger partial charge on any atom is 0.0630 e. The Bertz CT molecular complexity index is 343. The Morgan fingerprint density at radius 2 is 2.12 bits per heavy atom. The molecule has 1 heterocycles. The van der Waals surface area contributed by atoms with E-state index in [1.807, 2.05) is 0 Å². The van der Waals surface area contributed by atoms with Crippen molar-refractivity contribution >= 4 is 0 Å². The summed E-state index contributed by atoms with van der Waals surface area (Å²) in [7, 11) is 0. The van der Waals surface area contributed by atoms with E-state index >= 15 is 0 Å². The number of hydrogen-bond donors (Lipinski definition) is 1. The van der Waals surface area contributed by atoms with Gasteiger partial charge in [-0.15, -0.1) is 0 Å². The zero-order valence-electron chi connectivity index (χ0n) is 11.2. The van der Waals surface area contributed by atoms with Crippen molar-refractivity contribution in [3.63, 3.8) is 0 Å². The predicted molar refractivity (Wildman–Crippen MR) is 70.9 cm³/mol. The first-order valence-corrected chi connectivity index (χ1v) is 6.97. The van der Waals surface area contributed by atoms with Crippen LogP contribution in [0, 0.1) is 5.41 Å². The minimum absolute atomic E-state index is 0.368. The van der Waals surface area contributed by atoms with E-state index in [2.05, 4.69) is 30.8 Å². The Hall–Kier alpha value is -0.830. The lowest BCUT2D eigenvalue weighted by Gasteiger charge is -2.40. The van der Waals surface area contributed by atoms with Gasteiger partial charge in [0.2, 0.25) is 0 Å². The highest BCUT2D eigenvalue weighted by atomic mass is 15.3. The smallest absolute Gasteiger partial charge is 0.0630 e. The Labute approximate surface area is 104 Å². The van der Waals surface area contributed by atoms with Crippen LogP contribution in [0.5, 0.6) is 0 Å². The van der Waals surface area contributed by atoms with Crippen LogP contribution in [0.25, 0.3) is 0 Å². The fraction of sp³-hybridized carbons (Fsp3) is 0.786. The molecular formula is C14H25N3. The molecule has 2 rings (SSSR count). The predicted octanol–water partition coefficient (Wildman–Crippen LogP) is 2.92. The van der Waals surface area contributed by atoms with Crippen LogP contribution in [-0.4, -0.2) is 16.3 Å². The second-order valence-electron chi connectivity index (χ2n) is 5.49. The van der Waals surface area contributed by atoms with Gasteiger partial charge >= 0.3 is 0 Å². The van der Waals surface area contributed by atoms with Gasteiger partial charge in [-0.2, -0.15) is 5.10 Å². The molecule has 0 unspecified atom stereocenters. The maximum atomic E-state index is 5.90. The molecule has 96 valence electrons. The molecule has 1 aromatic heterocycles. The molecule has 1 fully saturated rings. The highest BCUT2D eigenvalue weighted by molar-refractivity contribution is 5.06. The topological polar surface area (TPSA) is 43.8 Å². The third kappa shape index (κ3) is 2.54. The lowest BCUT2D eigenvalue weighted by molar-refractivity contribution is 0.143. The molecule has 1 saturated carbocycles. The van der Waals surface area contributed by atoms with Crippen LogP contribution in [0.2, 0.25) is 0 Å². The van der Waals surface area contributed by atoms with Crippen molar-refractivity contribution in [3.8, 4) is 0 Å². The largest absolute Gasteiger partial charge is 0.330 e. The molecule has 1 aliphatic carbocycles. The van der Waals surface area contributed by atoms with Gasteiger partial charge in [0.15, 0.2) is 0 Å². The standard InChI is InChI=1S/C14H25N3/c1-3-13(4-2)17-9-6-12(16-17)10-14(11-15)7-5-8-14/h6,9,13H,3-5,7-8,10-11,15H2,1-2H3. The molecule has 0 spiro atoms. The van der Waals surface area contributed by atoms with Gasteiger partial charge in [0.05, 0.1) is 11.7 Å². The molecule has 3 heteroatoms. The summed E-state index contributed by atoms with van der Waals surface area (Å²) >= 11 is 0. The van der Waals surface area contributed by atoms with Crippen LogP contribution in [-0.2, 0) is 6.42 Å². The molecule has 1 aliphatic rings. The van der Waals surface area contributed by atoms with Crippen molar-refractivity contribution in [3.05, 3.63) is 18.0 Å². The molecule has 0 amide bonds. The first-order chi connectivity index (χ1) is 8.23. The van der Waals surface area contributed by atoms with Crippen LogP contribution in [0.15, 0.2) is 12.3 Å². The summed E-state index contributed by atoms with van der Waals surface area (Å²) in [5.41, 5.74) is 7.49. The molecule has 0 bridgehead atoms. The minimum atomic E-state index is 0.368. The molecule has 17 heavy (non-hydrogen) atoms. The zero-order valence-corrected chi connectivity index (χ0v) is 11.2. The Kier molecular flexibility index (Phi) is 3.87. The molecule has 3 nitrogen and oxygen atoms in total. The number of rotatable bonds is 6. The van der Waals surface area contributed by atoms with E-state index in [0.717, 1.165) is 25.8 Å². The third-order valence-corrected chi connectivity index (χ3v) is 4.38. The summed E-state index contributed by atoms with van der Waals surface area (Å²) < 4.78 is 2.14. The zero-order chi connectivity index (χ0) is 12.3. The van der Waals surface area contributed by atoms with E-state index in [1.54, 1.807) is 0 Å². The SMILES string of the molecule is CCC(CC)n1ccc(CC2(CN)CCC2)n1. The molecule has 0 aromatic carbocycles. The molecule has 0 atom stereocenters. The average Bonchev–Trinajstić information content (AvgIpc) is 2.74. The van der Waals surface area contributed by atoms with Crippen LogP contribution >= 0.6 is 0 Å². The van der Waals surface area contributed by atoms with Crippen LogP contribution in [0.3, 0.4) is 0 Å². The van der Waals surface area contributed by atoms with Crippen molar-refractivity contribution in [2.45, 2.75) is 58.4 Å². The van der Waals surface area contributed by atoms with Gasteiger partial charge in [-0.25, -0.2) is 0 Å². The summed E-state index contributed by atoms with van der Waals surface area (Å²) in [6.07, 6.45) is 9.40. The lowest BCUT2D eigenvalue weighted by atomic mass is 9.66. The third-order valence-electron chi connectivity index (χ3n) is 4.38. The molecule has 2 N–H and O–H groups in total. The van der Waals surface area contributed by atoms with Crippen molar-refractivity contribution in [1.29, 1.82) is 0 Å². The molecule has 1 aromatic rings. The number of aromatic nitrogens is 2. The second kappa shape index (κ2) is 5.21. The quantitative estimate of drug-likeness (QED) is 0.824. The van der Waals surface area contributed by atoms with Gasteiger partial charge in [0.25, 0.3) is 0 Å². The summed E-state index contributed by atoms with van der Waals surface area (Å²) in [5, 5.41) is 4.73. The fourth-order valence-corrected chi connectivity index (χ4v) is 2.85. The minimum Gasteiger partial charge on any atom is -0.330 e. The monoisotopic (exact) mass is 235 g/mol. The summed E-state index contributed by atoms with van der Waals surface area (Å²) in [4.78, 5) is 0. The van der Waals surface area contributed by atoms with Gasteiger partial charge in [-0.05, 0) is 50.1 Å². The highest BCUT2D eigenvalue weighted by Crippen LogP contribution is 2.42. The average molecular weight is 235 g/mol. The van der Waals surface area contributed by atoms with E-state index in [-0.39, 0.29) is 0 Å². The first kappa shape index (κ1) is 12.6. The summed E-state index contributed by atoms with van der Waals surface area (Å²) in [6, 6.07) is 2.73. The lowest BCUT2D eigenvalue weighted by Crippen LogP contribution is -2.39. The van der Waals surface area contributed by atoms with Crippen LogP contribution in [0.4, 0.5) is 0 Å². The fourth-order valence-electron chi connectivity index (χ4n) is 2.85. The van der Waals surface area contributed by atoms with E-state index in [4.69, 9.17) is 10.8 Å². The summed E-state index contributed by atoms with van der Waals surface area (Å²) in [5.74, 6) is 0. The number of nitrogens with two attached hydrogens (primary N) is 1. The molecule has 0 saturated heterocycles. The van der Waals surface area contributed by atoms with Gasteiger partial charge in [-0.1, -0.05) is 20.3 Å². The van der Waals surface area contributed by atoms with Gasteiger partial charge in [0, 0.05) is 6.20 Å². The number of nitrogens with zero attached hydrogens (tertiary/aromatic N) is 2. The molecule has 0 radical (unpaired) electrons. The Balaban J connectivity index is 2.03. The van der Waals surface area contributed by atoms with E-state index < -0.39 is 0 Å². The van der Waals surface area contributed by atoms with Gasteiger partial charge in [-0.3, -0.25) is 4.68 Å². The van der Waals surface area contributed by atoms with Gasteiger partial charge < -0.3 is 5.73 Å². The van der Waals surface area contributed by atoms with E-state index in [1.165, 1.54) is 25.0 Å². The maximum absolute atomic E-state index is 5.90. The molecular weight excluding hydrogens is 210 g/mol. The van der Waals surface area contributed by atoms with Crippen molar-refractivity contribution in [2.75, 3.05) is 6.54 Å². The summed E-state index contributed by atoms with van der Waals surface area (Å²) in [6.45, 7) is 5.26. The molecule has 0 aliphatic heterocycles. The Morgan fingerprint density at radius 1 is 1.41 bits per heavy atom. The second-order valence-corrected chi connectivity index (χ2v) is 5.49. The van der Waals surface area contributed by atoms with Crippen molar-refractivity contribution in [1.82, 2.24) is 9.78 Å². The van der Waals surface area contributed by atoms with Crippen LogP contribution < -0.4 is 5.73 Å². The Morgan fingerprint density at radius 3 is 2.59 bits per heavy atom. The normalized spacial score (nSPS) is 18.4. The van der Waals surface area contributed by atoms with Crippen molar-refractivity contribution < 1.29 is 0 Å². The number of hydrogen-bond acceptors (Lipinski definition) is 2. The van der Waals surface area contributed by atoms with E-state index in [9.17, 15) is 0 Å².